The van der Waals surface area contributed by atoms with Gasteiger partial charge in [-0.05, 0) is 56.6 Å². The van der Waals surface area contributed by atoms with E-state index >= 15 is 0 Å². The monoisotopic (exact) mass is 407 g/mol. The maximum atomic E-state index is 12.9. The second-order valence-corrected chi connectivity index (χ2v) is 8.41. The number of sulfonamides is 1. The lowest BCUT2D eigenvalue weighted by molar-refractivity contribution is -0.132. The lowest BCUT2D eigenvalue weighted by atomic mass is 10.0. The standard InChI is InChI=1S/C17H26FN3O3S.ClH/c1-20(25(23,24)16-7-5-14(18)6-8-16)13-3-4-17(22)21(2)15-9-11-19-12-10-15;/h5-8,15,19H,3-4,9-13H2,1-2H3;1H. The Hall–Kier alpha value is -1.22. The van der Waals surface area contributed by atoms with Gasteiger partial charge in [-0.1, -0.05) is 0 Å². The van der Waals surface area contributed by atoms with Gasteiger partial charge in [-0.2, -0.15) is 0 Å². The van der Waals surface area contributed by atoms with Gasteiger partial charge in [0.15, 0.2) is 0 Å². The predicted octanol–water partition coefficient (Wildman–Crippen LogP) is 1.86. The maximum Gasteiger partial charge on any atom is 0.242 e. The van der Waals surface area contributed by atoms with E-state index in [1.54, 1.807) is 4.90 Å². The number of piperidine rings is 1. The van der Waals surface area contributed by atoms with Crippen LogP contribution < -0.4 is 5.32 Å². The Morgan fingerprint density at radius 2 is 1.77 bits per heavy atom. The highest BCUT2D eigenvalue weighted by Gasteiger charge is 2.23. The molecule has 1 aromatic rings. The topological polar surface area (TPSA) is 69.7 Å². The lowest BCUT2D eigenvalue weighted by Crippen LogP contribution is -2.44. The molecule has 2 rings (SSSR count). The predicted molar refractivity (Wildman–Crippen MR) is 101 cm³/mol. The van der Waals surface area contributed by atoms with E-state index in [1.165, 1.54) is 23.5 Å². The highest BCUT2D eigenvalue weighted by molar-refractivity contribution is 7.89. The molecule has 1 amide bonds. The highest BCUT2D eigenvalue weighted by Crippen LogP contribution is 2.16. The van der Waals surface area contributed by atoms with E-state index in [-0.39, 0.29) is 35.8 Å². The smallest absolute Gasteiger partial charge is 0.242 e. The van der Waals surface area contributed by atoms with Crippen molar-refractivity contribution in [2.75, 3.05) is 33.7 Å². The fraction of sp³-hybridized carbons (Fsp3) is 0.588. The number of halogens is 2. The van der Waals surface area contributed by atoms with Crippen LogP contribution in [0.1, 0.15) is 25.7 Å². The minimum absolute atomic E-state index is 0. The Kier molecular flexibility index (Phi) is 8.95. The van der Waals surface area contributed by atoms with Crippen molar-refractivity contribution in [3.63, 3.8) is 0 Å². The third-order valence-electron chi connectivity index (χ3n) is 4.64. The molecule has 1 fully saturated rings. The molecule has 1 saturated heterocycles. The molecule has 1 aromatic carbocycles. The van der Waals surface area contributed by atoms with Crippen LogP contribution in [0.3, 0.4) is 0 Å². The first-order chi connectivity index (χ1) is 11.8. The van der Waals surface area contributed by atoms with E-state index in [1.807, 2.05) is 7.05 Å². The second-order valence-electron chi connectivity index (χ2n) is 6.37. The second kappa shape index (κ2) is 10.2. The Balaban J connectivity index is 0.00000338. The largest absolute Gasteiger partial charge is 0.343 e. The summed E-state index contributed by atoms with van der Waals surface area (Å²) < 4.78 is 39.0. The Morgan fingerprint density at radius 3 is 2.35 bits per heavy atom. The van der Waals surface area contributed by atoms with Crippen molar-refractivity contribution in [3.8, 4) is 0 Å². The zero-order chi connectivity index (χ0) is 18.4. The molecule has 0 unspecified atom stereocenters. The minimum atomic E-state index is -3.66. The lowest BCUT2D eigenvalue weighted by Gasteiger charge is -2.31. The normalized spacial score (nSPS) is 15.5. The van der Waals surface area contributed by atoms with Crippen LogP contribution in [0.25, 0.3) is 0 Å². The van der Waals surface area contributed by atoms with Gasteiger partial charge in [0.05, 0.1) is 4.90 Å². The van der Waals surface area contributed by atoms with Crippen LogP contribution in [-0.2, 0) is 14.8 Å². The summed E-state index contributed by atoms with van der Waals surface area (Å²) in [5.41, 5.74) is 0. The number of nitrogens with one attached hydrogen (secondary N) is 1. The summed E-state index contributed by atoms with van der Waals surface area (Å²) in [6.07, 6.45) is 2.65. The minimum Gasteiger partial charge on any atom is -0.343 e. The molecule has 0 aromatic heterocycles. The molecule has 26 heavy (non-hydrogen) atoms. The van der Waals surface area contributed by atoms with E-state index in [0.29, 0.717) is 12.8 Å². The first-order valence-corrected chi connectivity index (χ1v) is 9.94. The van der Waals surface area contributed by atoms with Crippen molar-refractivity contribution in [2.45, 2.75) is 36.6 Å². The van der Waals surface area contributed by atoms with E-state index in [9.17, 15) is 17.6 Å². The molecule has 0 spiro atoms. The average Bonchev–Trinajstić information content (AvgIpc) is 2.62. The number of amides is 1. The fourth-order valence-corrected chi connectivity index (χ4v) is 4.14. The summed E-state index contributed by atoms with van der Waals surface area (Å²) in [7, 11) is -0.372. The van der Waals surface area contributed by atoms with Gasteiger partial charge in [-0.15, -0.1) is 12.4 Å². The van der Waals surface area contributed by atoms with Gasteiger partial charge < -0.3 is 10.2 Å². The summed E-state index contributed by atoms with van der Waals surface area (Å²) >= 11 is 0. The number of carbonyl (C=O) groups is 1. The molecule has 0 atom stereocenters. The number of carbonyl (C=O) groups excluding carboxylic acids is 1. The van der Waals surface area contributed by atoms with E-state index in [4.69, 9.17) is 0 Å². The first kappa shape index (κ1) is 22.8. The van der Waals surface area contributed by atoms with Gasteiger partial charge in [0.2, 0.25) is 15.9 Å². The summed E-state index contributed by atoms with van der Waals surface area (Å²) in [5.74, 6) is -0.437. The van der Waals surface area contributed by atoms with Crippen molar-refractivity contribution in [2.24, 2.45) is 0 Å². The fourth-order valence-electron chi connectivity index (χ4n) is 2.93. The molecule has 0 bridgehead atoms. The Labute approximate surface area is 161 Å². The SMILES string of the molecule is CN(C(=O)CCCN(C)S(=O)(=O)c1ccc(F)cc1)C1CCNCC1.Cl. The number of rotatable bonds is 7. The molecule has 0 radical (unpaired) electrons. The number of nitrogens with zero attached hydrogens (tertiary/aromatic N) is 2. The van der Waals surface area contributed by atoms with Crippen molar-refractivity contribution in [1.82, 2.24) is 14.5 Å². The van der Waals surface area contributed by atoms with Crippen LogP contribution in [0.5, 0.6) is 0 Å². The van der Waals surface area contributed by atoms with E-state index < -0.39 is 15.8 Å². The van der Waals surface area contributed by atoms with Gasteiger partial charge in [-0.25, -0.2) is 17.1 Å². The Morgan fingerprint density at radius 1 is 1.19 bits per heavy atom. The van der Waals surface area contributed by atoms with Gasteiger partial charge in [-0.3, -0.25) is 4.79 Å². The molecular formula is C17H27ClFN3O3S. The Bertz CT molecular complexity index is 679. The number of benzene rings is 1. The molecule has 1 aliphatic rings. The van der Waals surface area contributed by atoms with Crippen LogP contribution >= 0.6 is 12.4 Å². The quantitative estimate of drug-likeness (QED) is 0.749. The molecular weight excluding hydrogens is 381 g/mol. The molecule has 1 aliphatic heterocycles. The average molecular weight is 408 g/mol. The van der Waals surface area contributed by atoms with Crippen molar-refractivity contribution < 1.29 is 17.6 Å². The maximum absolute atomic E-state index is 12.9. The third-order valence-corrected chi connectivity index (χ3v) is 6.51. The molecule has 0 aliphatic carbocycles. The van der Waals surface area contributed by atoms with Crippen LogP contribution in [-0.4, -0.2) is 63.3 Å². The summed E-state index contributed by atoms with van der Waals surface area (Å²) in [4.78, 5) is 14.1. The van der Waals surface area contributed by atoms with Crippen molar-refractivity contribution >= 4 is 28.3 Å². The number of hydrogen-bond donors (Lipinski definition) is 1. The van der Waals surface area contributed by atoms with Crippen LogP contribution in [0, 0.1) is 5.82 Å². The molecule has 9 heteroatoms. The number of hydrogen-bond acceptors (Lipinski definition) is 4. The van der Waals surface area contributed by atoms with Crippen molar-refractivity contribution in [3.05, 3.63) is 30.1 Å². The third kappa shape index (κ3) is 5.90. The van der Waals surface area contributed by atoms with Gasteiger partial charge in [0.1, 0.15) is 5.82 Å². The van der Waals surface area contributed by atoms with Crippen LogP contribution in [0.15, 0.2) is 29.2 Å². The van der Waals surface area contributed by atoms with Gasteiger partial charge >= 0.3 is 0 Å². The van der Waals surface area contributed by atoms with Gasteiger partial charge in [0.25, 0.3) is 0 Å². The summed E-state index contributed by atoms with van der Waals surface area (Å²) in [6.45, 7) is 2.08. The van der Waals surface area contributed by atoms with Crippen molar-refractivity contribution in [1.29, 1.82) is 0 Å². The first-order valence-electron chi connectivity index (χ1n) is 8.50. The van der Waals surface area contributed by atoms with Gasteiger partial charge in [0, 0.05) is 33.1 Å². The van der Waals surface area contributed by atoms with Crippen LogP contribution in [0.2, 0.25) is 0 Å². The molecule has 1 N–H and O–H groups in total. The summed E-state index contributed by atoms with van der Waals surface area (Å²) in [6, 6.07) is 5.00. The molecule has 6 nitrogen and oxygen atoms in total. The molecule has 0 saturated carbocycles. The highest BCUT2D eigenvalue weighted by atomic mass is 35.5. The van der Waals surface area contributed by atoms with E-state index in [2.05, 4.69) is 5.32 Å². The molecule has 148 valence electrons. The van der Waals surface area contributed by atoms with E-state index in [0.717, 1.165) is 38.1 Å². The zero-order valence-corrected chi connectivity index (χ0v) is 16.8. The zero-order valence-electron chi connectivity index (χ0n) is 15.2. The summed E-state index contributed by atoms with van der Waals surface area (Å²) in [5, 5.41) is 3.27. The molecule has 1 heterocycles. The van der Waals surface area contributed by atoms with Crippen LogP contribution in [0.4, 0.5) is 4.39 Å².